The molecule has 1 aromatic rings. The van der Waals surface area contributed by atoms with Crippen LogP contribution in [0.5, 0.6) is 0 Å². The van der Waals surface area contributed by atoms with E-state index < -0.39 is 11.9 Å². The molecule has 0 aliphatic carbocycles. The van der Waals surface area contributed by atoms with Gasteiger partial charge < -0.3 is 0 Å². The summed E-state index contributed by atoms with van der Waals surface area (Å²) in [5.74, 6) is 0. The Balaban J connectivity index is 3.14. The zero-order valence-electron chi connectivity index (χ0n) is 5.56. The molecule has 0 aliphatic heterocycles. The van der Waals surface area contributed by atoms with Crippen LogP contribution in [-0.2, 0) is 6.18 Å². The highest BCUT2D eigenvalue weighted by Crippen LogP contribution is 2.30. The summed E-state index contributed by atoms with van der Waals surface area (Å²) in [5, 5.41) is 0. The summed E-state index contributed by atoms with van der Waals surface area (Å²) in [6.07, 6.45) is -3.35. The number of alkyl halides is 3. The van der Waals surface area contributed by atoms with Crippen molar-refractivity contribution in [3.8, 4) is 0 Å². The summed E-state index contributed by atoms with van der Waals surface area (Å²) in [7, 11) is 0. The molecular weight excluding hydrogens is 255 g/mol. The lowest BCUT2D eigenvalue weighted by molar-refractivity contribution is -0.141. The van der Waals surface area contributed by atoms with Gasteiger partial charge >= 0.3 is 6.18 Å². The first-order chi connectivity index (χ1) is 5.41. The molecule has 1 rings (SSSR count). The largest absolute Gasteiger partial charge is 0.433 e. The van der Waals surface area contributed by atoms with E-state index in [-0.39, 0.29) is 4.47 Å². The number of halogens is 4. The lowest BCUT2D eigenvalue weighted by Gasteiger charge is -2.05. The minimum Gasteiger partial charge on any atom is -0.251 e. The van der Waals surface area contributed by atoms with Crippen LogP contribution in [0.3, 0.4) is 0 Å². The molecule has 0 aliphatic rings. The van der Waals surface area contributed by atoms with Crippen molar-refractivity contribution in [2.45, 2.75) is 11.1 Å². The molecule has 1 nitrogen and oxygen atoms in total. The van der Waals surface area contributed by atoms with Gasteiger partial charge in [-0.1, -0.05) is 0 Å². The lowest BCUT2D eigenvalue weighted by Crippen LogP contribution is -2.07. The van der Waals surface area contributed by atoms with Gasteiger partial charge in [-0.15, -0.1) is 12.6 Å². The Kier molecular flexibility index (Phi) is 2.67. The highest BCUT2D eigenvalue weighted by molar-refractivity contribution is 9.10. The van der Waals surface area contributed by atoms with E-state index in [0.717, 1.165) is 12.3 Å². The predicted molar refractivity (Wildman–Crippen MR) is 44.2 cm³/mol. The fourth-order valence-electron chi connectivity index (χ4n) is 0.579. The molecule has 1 heterocycles. The Morgan fingerprint density at radius 3 is 2.42 bits per heavy atom. The molecule has 0 N–H and O–H groups in total. The zero-order valence-corrected chi connectivity index (χ0v) is 8.04. The van der Waals surface area contributed by atoms with Gasteiger partial charge in [0, 0.05) is 15.6 Å². The molecule has 0 unspecified atom stereocenters. The SMILES string of the molecule is FC(F)(F)c1cc(Br)c(S)cn1. The summed E-state index contributed by atoms with van der Waals surface area (Å²) in [6, 6.07) is 0.891. The van der Waals surface area contributed by atoms with Gasteiger partial charge in [-0.25, -0.2) is 0 Å². The molecule has 66 valence electrons. The van der Waals surface area contributed by atoms with Crippen molar-refractivity contribution in [2.75, 3.05) is 0 Å². The van der Waals surface area contributed by atoms with Gasteiger partial charge in [-0.3, -0.25) is 4.98 Å². The maximum Gasteiger partial charge on any atom is 0.433 e. The van der Waals surface area contributed by atoms with Crippen molar-refractivity contribution in [3.05, 3.63) is 22.4 Å². The predicted octanol–water partition coefficient (Wildman–Crippen LogP) is 3.15. The molecule has 0 fully saturated rings. The first kappa shape index (κ1) is 9.85. The number of nitrogens with zero attached hydrogens (tertiary/aromatic N) is 1. The topological polar surface area (TPSA) is 12.9 Å². The van der Waals surface area contributed by atoms with Gasteiger partial charge in [0.15, 0.2) is 0 Å². The number of rotatable bonds is 0. The van der Waals surface area contributed by atoms with E-state index in [1.54, 1.807) is 0 Å². The second-order valence-electron chi connectivity index (χ2n) is 2.02. The summed E-state index contributed by atoms with van der Waals surface area (Å²) in [6.45, 7) is 0. The molecular formula is C6H3BrF3NS. The maximum absolute atomic E-state index is 12.0. The summed E-state index contributed by atoms with van der Waals surface area (Å²) in [4.78, 5) is 3.56. The standard InChI is InChI=1S/C6H3BrF3NS/c7-3-1-5(6(8,9)10)11-2-4(3)12/h1-2,12H. The number of thiol groups is 1. The monoisotopic (exact) mass is 257 g/mol. The second-order valence-corrected chi connectivity index (χ2v) is 3.35. The molecule has 1 aromatic heterocycles. The van der Waals surface area contributed by atoms with Gasteiger partial charge in [-0.05, 0) is 22.0 Å². The molecule has 6 heteroatoms. The van der Waals surface area contributed by atoms with Crippen LogP contribution in [0.2, 0.25) is 0 Å². The summed E-state index contributed by atoms with van der Waals surface area (Å²) >= 11 is 6.79. The van der Waals surface area contributed by atoms with Crippen LogP contribution in [0.4, 0.5) is 13.2 Å². The van der Waals surface area contributed by atoms with Crippen LogP contribution < -0.4 is 0 Å². The van der Waals surface area contributed by atoms with Gasteiger partial charge in [0.25, 0.3) is 0 Å². The van der Waals surface area contributed by atoms with Crippen LogP contribution in [-0.4, -0.2) is 4.98 Å². The second kappa shape index (κ2) is 3.26. The van der Waals surface area contributed by atoms with Crippen molar-refractivity contribution in [1.82, 2.24) is 4.98 Å². The van der Waals surface area contributed by atoms with Crippen molar-refractivity contribution in [2.24, 2.45) is 0 Å². The minimum absolute atomic E-state index is 0.285. The summed E-state index contributed by atoms with van der Waals surface area (Å²) < 4.78 is 36.3. The Hall–Kier alpha value is -0.230. The Morgan fingerprint density at radius 1 is 1.42 bits per heavy atom. The molecule has 0 radical (unpaired) electrons. The van der Waals surface area contributed by atoms with Crippen molar-refractivity contribution < 1.29 is 13.2 Å². The molecule has 12 heavy (non-hydrogen) atoms. The number of pyridine rings is 1. The van der Waals surface area contributed by atoms with Crippen molar-refractivity contribution in [1.29, 1.82) is 0 Å². The van der Waals surface area contributed by atoms with E-state index in [4.69, 9.17) is 0 Å². The third kappa shape index (κ3) is 2.13. The van der Waals surface area contributed by atoms with Gasteiger partial charge in [-0.2, -0.15) is 13.2 Å². The molecule has 0 spiro atoms. The maximum atomic E-state index is 12.0. The van der Waals surface area contributed by atoms with Gasteiger partial charge in [0.1, 0.15) is 5.69 Å². The average molecular weight is 258 g/mol. The van der Waals surface area contributed by atoms with Crippen LogP contribution >= 0.6 is 28.6 Å². The fraction of sp³-hybridized carbons (Fsp3) is 0.167. The zero-order chi connectivity index (χ0) is 9.35. The molecule has 0 atom stereocenters. The Bertz CT molecular complexity index is 299. The quantitative estimate of drug-likeness (QED) is 0.705. The molecule has 0 amide bonds. The van der Waals surface area contributed by atoms with E-state index in [9.17, 15) is 13.2 Å². The van der Waals surface area contributed by atoms with Crippen molar-refractivity contribution in [3.63, 3.8) is 0 Å². The van der Waals surface area contributed by atoms with Crippen LogP contribution in [0.1, 0.15) is 5.69 Å². The van der Waals surface area contributed by atoms with Crippen LogP contribution in [0, 0.1) is 0 Å². The average Bonchev–Trinajstić information content (AvgIpc) is 1.92. The highest BCUT2D eigenvalue weighted by atomic mass is 79.9. The van der Waals surface area contributed by atoms with Gasteiger partial charge in [0.2, 0.25) is 0 Å². The van der Waals surface area contributed by atoms with E-state index in [0.29, 0.717) is 4.90 Å². The number of hydrogen-bond acceptors (Lipinski definition) is 2. The molecule has 0 saturated carbocycles. The van der Waals surface area contributed by atoms with E-state index >= 15 is 0 Å². The minimum atomic E-state index is -4.40. The normalized spacial score (nSPS) is 11.8. The Labute approximate surface area is 80.5 Å². The Morgan fingerprint density at radius 2 is 2.00 bits per heavy atom. The third-order valence-corrected chi connectivity index (χ3v) is 2.44. The molecule has 0 aromatic carbocycles. The van der Waals surface area contributed by atoms with E-state index in [2.05, 4.69) is 33.5 Å². The van der Waals surface area contributed by atoms with Crippen molar-refractivity contribution >= 4 is 28.6 Å². The fourth-order valence-corrected chi connectivity index (χ4v) is 1.02. The van der Waals surface area contributed by atoms with E-state index in [1.807, 2.05) is 0 Å². The number of aromatic nitrogens is 1. The van der Waals surface area contributed by atoms with E-state index in [1.165, 1.54) is 0 Å². The molecule has 0 saturated heterocycles. The number of hydrogen-bond donors (Lipinski definition) is 1. The van der Waals surface area contributed by atoms with Crippen LogP contribution in [0.15, 0.2) is 21.6 Å². The lowest BCUT2D eigenvalue weighted by atomic mass is 10.3. The van der Waals surface area contributed by atoms with Crippen LogP contribution in [0.25, 0.3) is 0 Å². The highest BCUT2D eigenvalue weighted by Gasteiger charge is 2.32. The van der Waals surface area contributed by atoms with Gasteiger partial charge in [0.05, 0.1) is 0 Å². The first-order valence-corrected chi connectivity index (χ1v) is 4.07. The smallest absolute Gasteiger partial charge is 0.251 e. The first-order valence-electron chi connectivity index (χ1n) is 2.83. The molecule has 0 bridgehead atoms. The third-order valence-electron chi connectivity index (χ3n) is 1.12. The summed E-state index contributed by atoms with van der Waals surface area (Å²) in [5.41, 5.74) is -0.924.